The Morgan fingerprint density at radius 2 is 1.60 bits per heavy atom. The van der Waals surface area contributed by atoms with Gasteiger partial charge >= 0.3 is 0 Å². The number of para-hydroxylation sites is 2. The Balaban J connectivity index is 2.09. The van der Waals surface area contributed by atoms with Gasteiger partial charge in [-0.1, -0.05) is 59.6 Å². The average Bonchev–Trinajstić information content (AvgIpc) is 2.90. The van der Waals surface area contributed by atoms with Crippen molar-refractivity contribution in [2.24, 2.45) is 0 Å². The summed E-state index contributed by atoms with van der Waals surface area (Å²) in [4.78, 5) is 28.5. The van der Waals surface area contributed by atoms with Crippen LogP contribution in [0.25, 0.3) is 0 Å². The molecule has 0 saturated heterocycles. The normalized spacial score (nSPS) is 12.4. The van der Waals surface area contributed by atoms with Crippen molar-refractivity contribution in [1.82, 2.24) is 10.2 Å². The molecule has 0 bridgehead atoms. The van der Waals surface area contributed by atoms with Crippen LogP contribution in [0.15, 0.2) is 77.7 Å². The zero-order valence-electron chi connectivity index (χ0n) is 23.0. The molecule has 0 aliphatic carbocycles. The highest BCUT2D eigenvalue weighted by Crippen LogP contribution is 2.32. The van der Waals surface area contributed by atoms with Crippen LogP contribution in [0, 0.1) is 0 Å². The zero-order valence-corrected chi connectivity index (χ0v) is 25.3. The van der Waals surface area contributed by atoms with E-state index in [0.717, 1.165) is 4.31 Å². The molecule has 0 aromatic heterocycles. The summed E-state index contributed by atoms with van der Waals surface area (Å²) in [7, 11) is -2.80. The van der Waals surface area contributed by atoms with Crippen LogP contribution in [0.5, 0.6) is 5.75 Å². The van der Waals surface area contributed by atoms with Gasteiger partial charge < -0.3 is 15.0 Å². The minimum atomic E-state index is -4.21. The third kappa shape index (κ3) is 7.68. The molecule has 3 aromatic carbocycles. The van der Waals surface area contributed by atoms with E-state index in [1.807, 2.05) is 20.8 Å². The van der Waals surface area contributed by atoms with E-state index in [-0.39, 0.29) is 22.9 Å². The molecule has 0 aliphatic heterocycles. The van der Waals surface area contributed by atoms with Crippen molar-refractivity contribution in [3.8, 4) is 5.75 Å². The summed E-state index contributed by atoms with van der Waals surface area (Å²) in [5.41, 5.74) is 0.168. The average molecular weight is 607 g/mol. The van der Waals surface area contributed by atoms with Crippen molar-refractivity contribution >= 4 is 50.7 Å². The second-order valence-corrected chi connectivity index (χ2v) is 12.9. The Kier molecular flexibility index (Phi) is 10.1. The van der Waals surface area contributed by atoms with Crippen molar-refractivity contribution in [3.63, 3.8) is 0 Å². The van der Waals surface area contributed by atoms with Gasteiger partial charge in [0.2, 0.25) is 11.8 Å². The Morgan fingerprint density at radius 1 is 0.975 bits per heavy atom. The summed E-state index contributed by atoms with van der Waals surface area (Å²) in [6.07, 6.45) is 0. The SMILES string of the molecule is COc1ccccc1N(CC(=O)N(Cc1ccc(Cl)cc1Cl)[C@@H](C)C(=O)NC(C)(C)C)S(=O)(=O)c1ccccc1. The summed E-state index contributed by atoms with van der Waals surface area (Å²) in [5.74, 6) is -0.755. The number of carbonyl (C=O) groups is 2. The van der Waals surface area contributed by atoms with E-state index in [4.69, 9.17) is 27.9 Å². The number of carbonyl (C=O) groups excluding carboxylic acids is 2. The lowest BCUT2D eigenvalue weighted by molar-refractivity contribution is -0.140. The zero-order chi connectivity index (χ0) is 29.7. The number of ether oxygens (including phenoxy) is 1. The highest BCUT2D eigenvalue weighted by molar-refractivity contribution is 7.92. The molecule has 214 valence electrons. The van der Waals surface area contributed by atoms with E-state index in [1.165, 1.54) is 24.1 Å². The van der Waals surface area contributed by atoms with Gasteiger partial charge in [-0.15, -0.1) is 0 Å². The number of sulfonamides is 1. The number of hydrogen-bond acceptors (Lipinski definition) is 5. The Morgan fingerprint density at radius 3 is 2.20 bits per heavy atom. The molecular formula is C29H33Cl2N3O5S. The molecular weight excluding hydrogens is 573 g/mol. The van der Waals surface area contributed by atoms with E-state index in [2.05, 4.69) is 5.32 Å². The fraction of sp³-hybridized carbons (Fsp3) is 0.310. The molecule has 0 aliphatic rings. The number of nitrogens with one attached hydrogen (secondary N) is 1. The van der Waals surface area contributed by atoms with E-state index in [9.17, 15) is 18.0 Å². The van der Waals surface area contributed by atoms with Crippen LogP contribution in [0.1, 0.15) is 33.3 Å². The number of anilines is 1. The van der Waals surface area contributed by atoms with E-state index in [0.29, 0.717) is 15.6 Å². The number of nitrogens with zero attached hydrogens (tertiary/aromatic N) is 2. The summed E-state index contributed by atoms with van der Waals surface area (Å²) in [6, 6.07) is 18.2. The maximum atomic E-state index is 14.0. The van der Waals surface area contributed by atoms with Gasteiger partial charge in [0.25, 0.3) is 10.0 Å². The van der Waals surface area contributed by atoms with Crippen molar-refractivity contribution in [3.05, 3.63) is 88.4 Å². The first kappa shape index (κ1) is 31.3. The molecule has 0 heterocycles. The third-order valence-electron chi connectivity index (χ3n) is 5.99. The van der Waals surface area contributed by atoms with Crippen LogP contribution in [-0.2, 0) is 26.2 Å². The van der Waals surface area contributed by atoms with Gasteiger partial charge in [-0.3, -0.25) is 13.9 Å². The first-order chi connectivity index (χ1) is 18.7. The topological polar surface area (TPSA) is 96.0 Å². The Hall–Kier alpha value is -3.27. The molecule has 0 saturated carbocycles. The van der Waals surface area contributed by atoms with Crippen molar-refractivity contribution in [2.75, 3.05) is 18.0 Å². The smallest absolute Gasteiger partial charge is 0.264 e. The van der Waals surface area contributed by atoms with Gasteiger partial charge in [0.15, 0.2) is 0 Å². The first-order valence-corrected chi connectivity index (χ1v) is 14.7. The number of methoxy groups -OCH3 is 1. The Labute approximate surface area is 245 Å². The molecule has 0 fully saturated rings. The molecule has 3 rings (SSSR count). The summed E-state index contributed by atoms with van der Waals surface area (Å²) >= 11 is 12.5. The van der Waals surface area contributed by atoms with Crippen LogP contribution >= 0.6 is 23.2 Å². The lowest BCUT2D eigenvalue weighted by Gasteiger charge is -2.34. The standard InChI is InChI=1S/C29H33Cl2N3O5S/c1-20(28(36)32-29(2,3)4)33(18-21-15-16-22(30)17-24(21)31)27(35)19-34(25-13-9-10-14-26(25)39-5)40(37,38)23-11-7-6-8-12-23/h6-17,20H,18-19H2,1-5H3,(H,32,36)/t20-/m0/s1. The number of amides is 2. The quantitative estimate of drug-likeness (QED) is 0.328. The van der Waals surface area contributed by atoms with E-state index in [1.54, 1.807) is 67.6 Å². The lowest BCUT2D eigenvalue weighted by atomic mass is 10.1. The molecule has 1 atom stereocenters. The molecule has 0 unspecified atom stereocenters. The number of halogens is 2. The van der Waals surface area contributed by atoms with Crippen LogP contribution in [-0.4, -0.2) is 50.4 Å². The molecule has 3 aromatic rings. The monoisotopic (exact) mass is 605 g/mol. The minimum absolute atomic E-state index is 0.000439. The molecule has 8 nitrogen and oxygen atoms in total. The maximum Gasteiger partial charge on any atom is 0.264 e. The van der Waals surface area contributed by atoms with Crippen molar-refractivity contribution in [2.45, 2.75) is 50.7 Å². The molecule has 2 amide bonds. The van der Waals surface area contributed by atoms with Gasteiger partial charge in [-0.05, 0) is 69.7 Å². The summed E-state index contributed by atoms with van der Waals surface area (Å²) < 4.78 is 34.2. The highest BCUT2D eigenvalue weighted by atomic mass is 35.5. The minimum Gasteiger partial charge on any atom is -0.495 e. The van der Waals surface area contributed by atoms with Crippen molar-refractivity contribution < 1.29 is 22.7 Å². The molecule has 0 spiro atoms. The first-order valence-electron chi connectivity index (χ1n) is 12.5. The van der Waals surface area contributed by atoms with E-state index < -0.39 is 40.0 Å². The lowest BCUT2D eigenvalue weighted by Crippen LogP contribution is -2.54. The fourth-order valence-corrected chi connectivity index (χ4v) is 5.87. The van der Waals surface area contributed by atoms with Crippen LogP contribution < -0.4 is 14.4 Å². The van der Waals surface area contributed by atoms with Gasteiger partial charge in [-0.2, -0.15) is 0 Å². The predicted octanol–water partition coefficient (Wildman–Crippen LogP) is 5.53. The fourth-order valence-electron chi connectivity index (χ4n) is 3.96. The van der Waals surface area contributed by atoms with Crippen molar-refractivity contribution in [1.29, 1.82) is 0 Å². The number of benzene rings is 3. The molecule has 40 heavy (non-hydrogen) atoms. The molecule has 11 heteroatoms. The van der Waals surface area contributed by atoms with Crippen LogP contribution in [0.2, 0.25) is 10.0 Å². The summed E-state index contributed by atoms with van der Waals surface area (Å²) in [5, 5.41) is 3.61. The maximum absolute atomic E-state index is 14.0. The van der Waals surface area contributed by atoms with E-state index >= 15 is 0 Å². The predicted molar refractivity (Wildman–Crippen MR) is 158 cm³/mol. The number of hydrogen-bond donors (Lipinski definition) is 1. The Bertz CT molecular complexity index is 1460. The van der Waals surface area contributed by atoms with Gasteiger partial charge in [0.05, 0.1) is 17.7 Å². The molecule has 0 radical (unpaired) electrons. The highest BCUT2D eigenvalue weighted by Gasteiger charge is 2.34. The third-order valence-corrected chi connectivity index (χ3v) is 8.35. The molecule has 1 N–H and O–H groups in total. The van der Waals surface area contributed by atoms with Crippen LogP contribution in [0.3, 0.4) is 0 Å². The van der Waals surface area contributed by atoms with Gasteiger partial charge in [-0.25, -0.2) is 8.42 Å². The van der Waals surface area contributed by atoms with Crippen LogP contribution in [0.4, 0.5) is 5.69 Å². The number of rotatable bonds is 10. The largest absolute Gasteiger partial charge is 0.495 e. The second kappa shape index (κ2) is 12.9. The van der Waals surface area contributed by atoms with Gasteiger partial charge in [0, 0.05) is 22.1 Å². The second-order valence-electron chi connectivity index (χ2n) is 10.2. The van der Waals surface area contributed by atoms with Gasteiger partial charge in [0.1, 0.15) is 18.3 Å². The summed E-state index contributed by atoms with van der Waals surface area (Å²) in [6.45, 7) is 6.41.